The highest BCUT2D eigenvalue weighted by molar-refractivity contribution is 5.76. The van der Waals surface area contributed by atoms with Crippen molar-refractivity contribution in [1.29, 1.82) is 0 Å². The van der Waals surface area contributed by atoms with Crippen LogP contribution in [0.1, 0.15) is 25.7 Å². The van der Waals surface area contributed by atoms with Gasteiger partial charge in [0.05, 0.1) is 7.11 Å². The van der Waals surface area contributed by atoms with Crippen LogP contribution in [-0.4, -0.2) is 50.3 Å². The van der Waals surface area contributed by atoms with E-state index >= 15 is 0 Å². The first-order valence-electron chi connectivity index (χ1n) is 6.11. The number of esters is 1. The lowest BCUT2D eigenvalue weighted by molar-refractivity contribution is -0.149. The Bertz CT molecular complexity index is 247. The molecule has 1 atom stereocenters. The Morgan fingerprint density at radius 2 is 1.94 bits per heavy atom. The first kappa shape index (κ1) is 11.9. The molecule has 1 saturated carbocycles. The predicted octanol–water partition coefficient (Wildman–Crippen LogP) is 1.05. The molecule has 4 heteroatoms. The van der Waals surface area contributed by atoms with Crippen LogP contribution in [0.4, 0.5) is 0 Å². The van der Waals surface area contributed by atoms with Crippen LogP contribution in [0.2, 0.25) is 0 Å². The topological polar surface area (TPSA) is 38.8 Å². The molecule has 0 bridgehead atoms. The molecule has 92 valence electrons. The van der Waals surface area contributed by atoms with Gasteiger partial charge in [0.2, 0.25) is 0 Å². The number of nitrogens with zero attached hydrogens (tertiary/aromatic N) is 1. The average molecular weight is 227 g/mol. The van der Waals surface area contributed by atoms with Gasteiger partial charge < -0.3 is 9.47 Å². The number of likely N-dealkylation sites (N-methyl/N-ethyl adjacent to an activating group) is 1. The van der Waals surface area contributed by atoms with Crippen molar-refractivity contribution >= 4 is 5.97 Å². The smallest absolute Gasteiger partial charge is 0.323 e. The van der Waals surface area contributed by atoms with Gasteiger partial charge >= 0.3 is 5.97 Å². The summed E-state index contributed by atoms with van der Waals surface area (Å²) >= 11 is 0. The van der Waals surface area contributed by atoms with E-state index in [0.29, 0.717) is 12.0 Å². The van der Waals surface area contributed by atoms with Crippen LogP contribution in [-0.2, 0) is 14.3 Å². The van der Waals surface area contributed by atoms with Crippen LogP contribution < -0.4 is 0 Å². The molecular formula is C12H21NO3. The SMILES string of the molecule is COC(=O)C(C1CC1)N(C)C1CCOCC1. The maximum Gasteiger partial charge on any atom is 0.323 e. The molecule has 1 aliphatic heterocycles. The van der Waals surface area contributed by atoms with Crippen LogP contribution in [0.3, 0.4) is 0 Å². The summed E-state index contributed by atoms with van der Waals surface area (Å²) in [5, 5.41) is 0. The first-order chi connectivity index (χ1) is 7.74. The quantitative estimate of drug-likeness (QED) is 0.673. The summed E-state index contributed by atoms with van der Waals surface area (Å²) < 4.78 is 10.3. The summed E-state index contributed by atoms with van der Waals surface area (Å²) in [6.07, 6.45) is 4.37. The maximum atomic E-state index is 11.8. The van der Waals surface area contributed by atoms with Gasteiger partial charge in [-0.25, -0.2) is 0 Å². The van der Waals surface area contributed by atoms with E-state index in [2.05, 4.69) is 11.9 Å². The Hall–Kier alpha value is -0.610. The van der Waals surface area contributed by atoms with Gasteiger partial charge in [-0.1, -0.05) is 0 Å². The maximum absolute atomic E-state index is 11.8. The molecule has 0 aromatic heterocycles. The summed E-state index contributed by atoms with van der Waals surface area (Å²) in [7, 11) is 3.53. The summed E-state index contributed by atoms with van der Waals surface area (Å²) in [6.45, 7) is 1.63. The van der Waals surface area contributed by atoms with E-state index in [1.165, 1.54) is 7.11 Å². The number of methoxy groups -OCH3 is 1. The first-order valence-corrected chi connectivity index (χ1v) is 6.11. The minimum atomic E-state index is -0.0727. The zero-order chi connectivity index (χ0) is 11.5. The zero-order valence-electron chi connectivity index (χ0n) is 10.1. The molecule has 0 N–H and O–H groups in total. The highest BCUT2D eigenvalue weighted by Gasteiger charge is 2.41. The van der Waals surface area contributed by atoms with E-state index in [1.807, 2.05) is 0 Å². The molecule has 1 aliphatic carbocycles. The fourth-order valence-corrected chi connectivity index (χ4v) is 2.54. The van der Waals surface area contributed by atoms with Gasteiger partial charge in [0, 0.05) is 19.3 Å². The number of hydrogen-bond acceptors (Lipinski definition) is 4. The fourth-order valence-electron chi connectivity index (χ4n) is 2.54. The predicted molar refractivity (Wildman–Crippen MR) is 60.1 cm³/mol. The lowest BCUT2D eigenvalue weighted by Crippen LogP contribution is -2.48. The Labute approximate surface area is 96.9 Å². The van der Waals surface area contributed by atoms with Crippen molar-refractivity contribution in [3.63, 3.8) is 0 Å². The van der Waals surface area contributed by atoms with Gasteiger partial charge in [-0.05, 0) is 38.6 Å². The second kappa shape index (κ2) is 5.15. The van der Waals surface area contributed by atoms with Crippen LogP contribution >= 0.6 is 0 Å². The largest absolute Gasteiger partial charge is 0.468 e. The van der Waals surface area contributed by atoms with Crippen molar-refractivity contribution in [2.45, 2.75) is 37.8 Å². The minimum absolute atomic E-state index is 0.0342. The van der Waals surface area contributed by atoms with E-state index in [-0.39, 0.29) is 12.0 Å². The van der Waals surface area contributed by atoms with Crippen molar-refractivity contribution < 1.29 is 14.3 Å². The molecule has 0 spiro atoms. The Kier molecular flexibility index (Phi) is 3.82. The number of rotatable bonds is 4. The number of carbonyl (C=O) groups excluding carboxylic acids is 1. The van der Waals surface area contributed by atoms with Crippen LogP contribution in [0, 0.1) is 5.92 Å². The third-order valence-corrected chi connectivity index (χ3v) is 3.72. The third kappa shape index (κ3) is 2.55. The molecule has 2 fully saturated rings. The minimum Gasteiger partial charge on any atom is -0.468 e. The van der Waals surface area contributed by atoms with Crippen molar-refractivity contribution in [2.24, 2.45) is 5.92 Å². The van der Waals surface area contributed by atoms with Gasteiger partial charge in [0.15, 0.2) is 0 Å². The highest BCUT2D eigenvalue weighted by Crippen LogP contribution is 2.37. The van der Waals surface area contributed by atoms with Crippen LogP contribution in [0.5, 0.6) is 0 Å². The fraction of sp³-hybridized carbons (Fsp3) is 0.917. The number of carbonyl (C=O) groups is 1. The third-order valence-electron chi connectivity index (χ3n) is 3.72. The highest BCUT2D eigenvalue weighted by atomic mass is 16.5. The average Bonchev–Trinajstić information content (AvgIpc) is 3.14. The molecule has 4 nitrogen and oxygen atoms in total. The van der Waals surface area contributed by atoms with Crippen molar-refractivity contribution in [3.8, 4) is 0 Å². The van der Waals surface area contributed by atoms with Crippen LogP contribution in [0.15, 0.2) is 0 Å². The van der Waals surface area contributed by atoms with E-state index in [4.69, 9.17) is 9.47 Å². The van der Waals surface area contributed by atoms with Gasteiger partial charge in [0.1, 0.15) is 6.04 Å². The zero-order valence-corrected chi connectivity index (χ0v) is 10.1. The molecule has 0 amide bonds. The van der Waals surface area contributed by atoms with Crippen LogP contribution in [0.25, 0.3) is 0 Å². The van der Waals surface area contributed by atoms with Crippen molar-refractivity contribution in [2.75, 3.05) is 27.4 Å². The number of ether oxygens (including phenoxy) is 2. The summed E-state index contributed by atoms with van der Waals surface area (Å²) in [5.74, 6) is 0.441. The normalized spacial score (nSPS) is 24.4. The summed E-state index contributed by atoms with van der Waals surface area (Å²) in [6, 6.07) is 0.437. The molecule has 0 radical (unpaired) electrons. The monoisotopic (exact) mass is 227 g/mol. The van der Waals surface area contributed by atoms with Gasteiger partial charge in [0.25, 0.3) is 0 Å². The molecule has 0 aromatic carbocycles. The van der Waals surface area contributed by atoms with E-state index < -0.39 is 0 Å². The second-order valence-corrected chi connectivity index (χ2v) is 4.81. The lowest BCUT2D eigenvalue weighted by Gasteiger charge is -2.35. The molecule has 1 saturated heterocycles. The molecular weight excluding hydrogens is 206 g/mol. The van der Waals surface area contributed by atoms with Crippen molar-refractivity contribution in [1.82, 2.24) is 4.90 Å². The molecule has 16 heavy (non-hydrogen) atoms. The molecule has 1 heterocycles. The Balaban J connectivity index is 1.97. The van der Waals surface area contributed by atoms with E-state index in [0.717, 1.165) is 38.9 Å². The Morgan fingerprint density at radius 3 is 2.44 bits per heavy atom. The Morgan fingerprint density at radius 1 is 1.31 bits per heavy atom. The van der Waals surface area contributed by atoms with E-state index in [9.17, 15) is 4.79 Å². The molecule has 2 rings (SSSR count). The van der Waals surface area contributed by atoms with E-state index in [1.54, 1.807) is 0 Å². The van der Waals surface area contributed by atoms with Gasteiger partial charge in [-0.2, -0.15) is 0 Å². The molecule has 1 unspecified atom stereocenters. The molecule has 2 aliphatic rings. The van der Waals surface area contributed by atoms with Gasteiger partial charge in [-0.15, -0.1) is 0 Å². The lowest BCUT2D eigenvalue weighted by atomic mass is 10.0. The summed E-state index contributed by atoms with van der Waals surface area (Å²) in [5.41, 5.74) is 0. The van der Waals surface area contributed by atoms with Gasteiger partial charge in [-0.3, -0.25) is 9.69 Å². The van der Waals surface area contributed by atoms with Crippen molar-refractivity contribution in [3.05, 3.63) is 0 Å². The number of hydrogen-bond donors (Lipinski definition) is 0. The standard InChI is InChI=1S/C12H21NO3/c1-13(10-5-7-16-8-6-10)11(9-3-4-9)12(14)15-2/h9-11H,3-8H2,1-2H3. The molecule has 0 aromatic rings. The summed E-state index contributed by atoms with van der Waals surface area (Å²) in [4.78, 5) is 14.0. The second-order valence-electron chi connectivity index (χ2n) is 4.81.